The Bertz CT molecular complexity index is 493. The van der Waals surface area contributed by atoms with E-state index in [2.05, 4.69) is 10.6 Å². The van der Waals surface area contributed by atoms with Gasteiger partial charge in [-0.05, 0) is 30.7 Å². The van der Waals surface area contributed by atoms with Gasteiger partial charge in [0.15, 0.2) is 0 Å². The maximum Gasteiger partial charge on any atom is 0.264 e. The van der Waals surface area contributed by atoms with E-state index in [1.807, 2.05) is 17.5 Å². The van der Waals surface area contributed by atoms with Crippen molar-refractivity contribution in [2.45, 2.75) is 25.3 Å². The molecule has 2 rings (SSSR count). The molecule has 1 aromatic heterocycles. The van der Waals surface area contributed by atoms with Crippen LogP contribution in [0.3, 0.4) is 0 Å². The van der Waals surface area contributed by atoms with Crippen LogP contribution in [0.1, 0.15) is 28.9 Å². The van der Waals surface area contributed by atoms with Gasteiger partial charge in [-0.3, -0.25) is 9.59 Å². The molecule has 2 amide bonds. The number of piperidine rings is 1. The summed E-state index contributed by atoms with van der Waals surface area (Å²) < 4.78 is 4.95. The first-order chi connectivity index (χ1) is 11.2. The molecule has 0 spiro atoms. The van der Waals surface area contributed by atoms with Gasteiger partial charge in [0.05, 0.1) is 11.5 Å². The molecule has 1 aliphatic rings. The van der Waals surface area contributed by atoms with Crippen molar-refractivity contribution in [2.24, 2.45) is 0 Å². The number of amides is 2. The highest BCUT2D eigenvalue weighted by Crippen LogP contribution is 2.21. The van der Waals surface area contributed by atoms with E-state index in [-0.39, 0.29) is 17.9 Å². The van der Waals surface area contributed by atoms with Crippen LogP contribution in [0.2, 0.25) is 0 Å². The van der Waals surface area contributed by atoms with Gasteiger partial charge in [-0.25, -0.2) is 0 Å². The SMILES string of the molecule is COCCNCCNC(=O)C1CCCCN1C(=O)c1cccs1. The van der Waals surface area contributed by atoms with Crippen LogP contribution in [-0.4, -0.2) is 62.7 Å². The number of hydrogen-bond donors (Lipinski definition) is 2. The number of rotatable bonds is 8. The average Bonchev–Trinajstić information content (AvgIpc) is 3.11. The first-order valence-corrected chi connectivity index (χ1v) is 8.94. The van der Waals surface area contributed by atoms with Crippen molar-refractivity contribution in [1.82, 2.24) is 15.5 Å². The molecule has 6 nitrogen and oxygen atoms in total. The molecule has 2 heterocycles. The molecule has 1 atom stereocenters. The second kappa shape index (κ2) is 9.64. The Morgan fingerprint density at radius 1 is 1.35 bits per heavy atom. The summed E-state index contributed by atoms with van der Waals surface area (Å²) in [7, 11) is 1.66. The van der Waals surface area contributed by atoms with Gasteiger partial charge in [0.25, 0.3) is 5.91 Å². The Hall–Kier alpha value is -1.44. The van der Waals surface area contributed by atoms with Crippen LogP contribution in [0.15, 0.2) is 17.5 Å². The van der Waals surface area contributed by atoms with E-state index in [1.54, 1.807) is 12.0 Å². The average molecular weight is 339 g/mol. The molecule has 0 bridgehead atoms. The molecular weight excluding hydrogens is 314 g/mol. The summed E-state index contributed by atoms with van der Waals surface area (Å²) in [5.41, 5.74) is 0. The quantitative estimate of drug-likeness (QED) is 0.696. The van der Waals surface area contributed by atoms with Crippen LogP contribution < -0.4 is 10.6 Å². The summed E-state index contributed by atoms with van der Waals surface area (Å²) in [5.74, 6) is -0.0822. The number of hydrogen-bond acceptors (Lipinski definition) is 5. The molecule has 0 aromatic carbocycles. The van der Waals surface area contributed by atoms with Crippen LogP contribution >= 0.6 is 11.3 Å². The minimum atomic E-state index is -0.350. The highest BCUT2D eigenvalue weighted by atomic mass is 32.1. The van der Waals surface area contributed by atoms with E-state index in [4.69, 9.17) is 4.74 Å². The van der Waals surface area contributed by atoms with Crippen molar-refractivity contribution in [3.8, 4) is 0 Å². The topological polar surface area (TPSA) is 70.7 Å². The number of carbonyl (C=O) groups excluding carboxylic acids is 2. The van der Waals surface area contributed by atoms with Crippen LogP contribution in [0.25, 0.3) is 0 Å². The molecule has 1 unspecified atom stereocenters. The zero-order chi connectivity index (χ0) is 16.5. The standard InChI is InChI=1S/C16H25N3O3S/c1-22-11-9-17-7-8-18-15(20)13-5-2-3-10-19(13)16(21)14-6-4-12-23-14/h4,6,12-13,17H,2-3,5,7-11H2,1H3,(H,18,20). The van der Waals surface area contributed by atoms with E-state index in [0.717, 1.165) is 25.8 Å². The van der Waals surface area contributed by atoms with E-state index < -0.39 is 0 Å². The molecule has 23 heavy (non-hydrogen) atoms. The fourth-order valence-electron chi connectivity index (χ4n) is 2.68. The fourth-order valence-corrected chi connectivity index (χ4v) is 3.36. The number of likely N-dealkylation sites (tertiary alicyclic amines) is 1. The zero-order valence-electron chi connectivity index (χ0n) is 13.5. The maximum atomic E-state index is 12.6. The molecule has 7 heteroatoms. The summed E-state index contributed by atoms with van der Waals surface area (Å²) in [6.07, 6.45) is 2.68. The van der Waals surface area contributed by atoms with Crippen molar-refractivity contribution in [2.75, 3.05) is 39.9 Å². The van der Waals surface area contributed by atoms with Crippen molar-refractivity contribution in [3.05, 3.63) is 22.4 Å². The molecule has 0 radical (unpaired) electrons. The summed E-state index contributed by atoms with van der Waals surface area (Å²) in [6, 6.07) is 3.33. The largest absolute Gasteiger partial charge is 0.383 e. The highest BCUT2D eigenvalue weighted by molar-refractivity contribution is 7.12. The maximum absolute atomic E-state index is 12.6. The van der Waals surface area contributed by atoms with Gasteiger partial charge < -0.3 is 20.3 Å². The van der Waals surface area contributed by atoms with E-state index in [9.17, 15) is 9.59 Å². The smallest absolute Gasteiger partial charge is 0.264 e. The summed E-state index contributed by atoms with van der Waals surface area (Å²) in [6.45, 7) is 3.32. The Morgan fingerprint density at radius 3 is 2.96 bits per heavy atom. The van der Waals surface area contributed by atoms with Crippen molar-refractivity contribution < 1.29 is 14.3 Å². The van der Waals surface area contributed by atoms with Crippen molar-refractivity contribution in [3.63, 3.8) is 0 Å². The molecule has 0 saturated carbocycles. The van der Waals surface area contributed by atoms with Gasteiger partial charge in [-0.1, -0.05) is 6.07 Å². The van der Waals surface area contributed by atoms with Gasteiger partial charge in [-0.15, -0.1) is 11.3 Å². The number of methoxy groups -OCH3 is 1. The Balaban J connectivity index is 1.83. The second-order valence-electron chi connectivity index (χ2n) is 5.52. The predicted octanol–water partition coefficient (Wildman–Crippen LogP) is 1.09. The van der Waals surface area contributed by atoms with Gasteiger partial charge in [0.2, 0.25) is 5.91 Å². The van der Waals surface area contributed by atoms with E-state index in [0.29, 0.717) is 31.1 Å². The van der Waals surface area contributed by atoms with Crippen LogP contribution in [0.4, 0.5) is 0 Å². The molecule has 1 fully saturated rings. The van der Waals surface area contributed by atoms with Crippen LogP contribution in [-0.2, 0) is 9.53 Å². The first kappa shape index (κ1) is 17.9. The highest BCUT2D eigenvalue weighted by Gasteiger charge is 2.32. The minimum Gasteiger partial charge on any atom is -0.383 e. The number of carbonyl (C=O) groups is 2. The molecule has 1 aromatic rings. The lowest BCUT2D eigenvalue weighted by Crippen LogP contribution is -2.52. The lowest BCUT2D eigenvalue weighted by Gasteiger charge is -2.34. The third kappa shape index (κ3) is 5.30. The van der Waals surface area contributed by atoms with Crippen LogP contribution in [0.5, 0.6) is 0 Å². The zero-order valence-corrected chi connectivity index (χ0v) is 14.4. The number of nitrogens with one attached hydrogen (secondary N) is 2. The lowest BCUT2D eigenvalue weighted by molar-refractivity contribution is -0.126. The van der Waals surface area contributed by atoms with Crippen molar-refractivity contribution in [1.29, 1.82) is 0 Å². The minimum absolute atomic E-state index is 0.0296. The van der Waals surface area contributed by atoms with Crippen LogP contribution in [0, 0.1) is 0 Å². The van der Waals surface area contributed by atoms with E-state index >= 15 is 0 Å². The number of ether oxygens (including phenoxy) is 1. The molecular formula is C16H25N3O3S. The summed E-state index contributed by atoms with van der Waals surface area (Å²) >= 11 is 1.42. The van der Waals surface area contributed by atoms with Crippen molar-refractivity contribution >= 4 is 23.2 Å². The first-order valence-electron chi connectivity index (χ1n) is 8.06. The Kier molecular flexibility index (Phi) is 7.51. The lowest BCUT2D eigenvalue weighted by atomic mass is 10.0. The Labute approximate surface area is 141 Å². The second-order valence-corrected chi connectivity index (χ2v) is 6.47. The van der Waals surface area contributed by atoms with E-state index in [1.165, 1.54) is 11.3 Å². The normalized spacial score (nSPS) is 18.0. The summed E-state index contributed by atoms with van der Waals surface area (Å²) in [4.78, 5) is 27.4. The van der Waals surface area contributed by atoms with Gasteiger partial charge in [0.1, 0.15) is 6.04 Å². The third-order valence-corrected chi connectivity index (χ3v) is 4.74. The molecule has 128 valence electrons. The molecule has 2 N–H and O–H groups in total. The monoisotopic (exact) mass is 339 g/mol. The molecule has 0 aliphatic carbocycles. The van der Waals surface area contributed by atoms with Gasteiger partial charge in [-0.2, -0.15) is 0 Å². The Morgan fingerprint density at radius 2 is 2.22 bits per heavy atom. The van der Waals surface area contributed by atoms with Gasteiger partial charge >= 0.3 is 0 Å². The summed E-state index contributed by atoms with van der Waals surface area (Å²) in [5, 5.41) is 8.00. The molecule has 1 saturated heterocycles. The third-order valence-electron chi connectivity index (χ3n) is 3.88. The van der Waals surface area contributed by atoms with Gasteiger partial charge in [0, 0.05) is 33.3 Å². The molecule has 1 aliphatic heterocycles. The number of thiophene rings is 1. The fraction of sp³-hybridized carbons (Fsp3) is 0.625. The predicted molar refractivity (Wildman–Crippen MR) is 90.7 cm³/mol. The number of nitrogens with zero attached hydrogens (tertiary/aromatic N) is 1.